The second-order valence-electron chi connectivity index (χ2n) is 4.21. The smallest absolute Gasteiger partial charge is 0.0935 e. The number of rotatable bonds is 5. The van der Waals surface area contributed by atoms with Crippen molar-refractivity contribution in [2.75, 3.05) is 13.2 Å². The summed E-state index contributed by atoms with van der Waals surface area (Å²) >= 11 is 7.37. The van der Waals surface area contributed by atoms with Gasteiger partial charge in [-0.25, -0.2) is 4.98 Å². The molecule has 3 nitrogen and oxygen atoms in total. The highest BCUT2D eigenvalue weighted by Crippen LogP contribution is 2.29. The summed E-state index contributed by atoms with van der Waals surface area (Å²) in [4.78, 5) is 4.21. The normalized spacial score (nSPS) is 11.7. The molecule has 0 radical (unpaired) electrons. The third-order valence-electron chi connectivity index (χ3n) is 3.04. The van der Waals surface area contributed by atoms with Crippen LogP contribution < -0.4 is 0 Å². The number of aliphatic hydroxyl groups is 2. The minimum atomic E-state index is -0.706. The zero-order valence-corrected chi connectivity index (χ0v) is 11.3. The van der Waals surface area contributed by atoms with Gasteiger partial charge in [-0.15, -0.1) is 11.3 Å². The van der Waals surface area contributed by atoms with Gasteiger partial charge in [0.1, 0.15) is 0 Å². The number of nitrogens with zero attached hydrogens (tertiary/aromatic N) is 1. The first-order valence-corrected chi connectivity index (χ1v) is 6.82. The first-order chi connectivity index (χ1) is 8.70. The van der Waals surface area contributed by atoms with Gasteiger partial charge in [-0.05, 0) is 17.7 Å². The van der Waals surface area contributed by atoms with Crippen LogP contribution in [0.15, 0.2) is 35.8 Å². The van der Waals surface area contributed by atoms with E-state index in [1.54, 1.807) is 18.3 Å². The van der Waals surface area contributed by atoms with Crippen molar-refractivity contribution >= 4 is 22.9 Å². The molecule has 0 amide bonds. The molecule has 1 aromatic heterocycles. The molecule has 18 heavy (non-hydrogen) atoms. The maximum absolute atomic E-state index is 9.68. The molecule has 1 aromatic carbocycles. The Morgan fingerprint density at radius 3 is 2.33 bits per heavy atom. The van der Waals surface area contributed by atoms with Crippen LogP contribution in [0, 0.1) is 0 Å². The highest BCUT2D eigenvalue weighted by atomic mass is 35.5. The Bertz CT molecular complexity index is 480. The van der Waals surface area contributed by atoms with Crippen molar-refractivity contribution < 1.29 is 10.2 Å². The Balaban J connectivity index is 2.33. The van der Waals surface area contributed by atoms with Crippen LogP contribution in [0.4, 0.5) is 0 Å². The molecule has 0 atom stereocenters. The number of benzene rings is 1. The molecule has 0 fully saturated rings. The van der Waals surface area contributed by atoms with Crippen molar-refractivity contribution in [3.05, 3.63) is 51.4 Å². The zero-order valence-electron chi connectivity index (χ0n) is 9.71. The lowest BCUT2D eigenvalue weighted by Gasteiger charge is -2.29. The van der Waals surface area contributed by atoms with Crippen LogP contribution in [0.1, 0.15) is 10.6 Å². The second-order valence-corrected chi connectivity index (χ2v) is 5.62. The minimum absolute atomic E-state index is 0.134. The molecule has 1 heterocycles. The van der Waals surface area contributed by atoms with E-state index in [-0.39, 0.29) is 13.2 Å². The molecule has 0 aliphatic carbocycles. The summed E-state index contributed by atoms with van der Waals surface area (Å²) in [6.07, 6.45) is 2.24. The first kappa shape index (κ1) is 13.5. The van der Waals surface area contributed by atoms with Gasteiger partial charge in [0, 0.05) is 28.4 Å². The fraction of sp³-hybridized carbons (Fsp3) is 0.308. The van der Waals surface area contributed by atoms with Gasteiger partial charge in [0.05, 0.1) is 18.2 Å². The SMILES string of the molecule is OCC(CO)(Cc1nccs1)c1ccc(Cl)cc1. The van der Waals surface area contributed by atoms with Crippen molar-refractivity contribution in [1.82, 2.24) is 4.98 Å². The van der Waals surface area contributed by atoms with Crippen LogP contribution in [0.5, 0.6) is 0 Å². The number of thiazole rings is 1. The standard InChI is InChI=1S/C13H14ClNO2S/c14-11-3-1-10(2-4-11)13(8-16,9-17)7-12-15-5-6-18-12/h1-6,16-17H,7-9H2. The fourth-order valence-electron chi connectivity index (χ4n) is 1.88. The van der Waals surface area contributed by atoms with Gasteiger partial charge < -0.3 is 10.2 Å². The summed E-state index contributed by atoms with van der Waals surface area (Å²) in [6.45, 7) is -0.268. The summed E-state index contributed by atoms with van der Waals surface area (Å²) < 4.78 is 0. The summed E-state index contributed by atoms with van der Waals surface area (Å²) in [6, 6.07) is 7.20. The topological polar surface area (TPSA) is 53.4 Å². The van der Waals surface area contributed by atoms with E-state index in [1.165, 1.54) is 11.3 Å². The third-order valence-corrected chi connectivity index (χ3v) is 4.07. The molecule has 0 aliphatic heterocycles. The zero-order chi connectivity index (χ0) is 13.0. The molecule has 0 saturated carbocycles. The quantitative estimate of drug-likeness (QED) is 0.885. The Labute approximate surface area is 115 Å². The molecular formula is C13H14ClNO2S. The van der Waals surface area contributed by atoms with Crippen molar-refractivity contribution in [1.29, 1.82) is 0 Å². The Morgan fingerprint density at radius 2 is 1.83 bits per heavy atom. The van der Waals surface area contributed by atoms with E-state index in [1.807, 2.05) is 17.5 Å². The fourth-order valence-corrected chi connectivity index (χ4v) is 2.77. The van der Waals surface area contributed by atoms with Crippen molar-refractivity contribution in [3.8, 4) is 0 Å². The summed E-state index contributed by atoms with van der Waals surface area (Å²) in [5.74, 6) is 0. The van der Waals surface area contributed by atoms with E-state index >= 15 is 0 Å². The van der Waals surface area contributed by atoms with Gasteiger partial charge in [-0.2, -0.15) is 0 Å². The van der Waals surface area contributed by atoms with Crippen molar-refractivity contribution in [2.24, 2.45) is 0 Å². The van der Waals surface area contributed by atoms with Crippen molar-refractivity contribution in [3.63, 3.8) is 0 Å². The van der Waals surface area contributed by atoms with Crippen molar-refractivity contribution in [2.45, 2.75) is 11.8 Å². The molecule has 0 bridgehead atoms. The lowest BCUT2D eigenvalue weighted by Crippen LogP contribution is -2.37. The van der Waals surface area contributed by atoms with Crippen LogP contribution in [0.25, 0.3) is 0 Å². The minimum Gasteiger partial charge on any atom is -0.395 e. The molecule has 0 saturated heterocycles. The molecule has 0 spiro atoms. The van der Waals surface area contributed by atoms with Crippen LogP contribution in [0.2, 0.25) is 5.02 Å². The van der Waals surface area contributed by atoms with Gasteiger partial charge >= 0.3 is 0 Å². The van der Waals surface area contributed by atoms with E-state index in [0.717, 1.165) is 10.6 Å². The predicted molar refractivity (Wildman–Crippen MR) is 73.1 cm³/mol. The van der Waals surface area contributed by atoms with Crippen LogP contribution in [-0.2, 0) is 11.8 Å². The maximum Gasteiger partial charge on any atom is 0.0935 e. The maximum atomic E-state index is 9.68. The number of aromatic nitrogens is 1. The molecule has 5 heteroatoms. The predicted octanol–water partition coefficient (Wildman–Crippen LogP) is 2.26. The second kappa shape index (κ2) is 5.80. The van der Waals surface area contributed by atoms with Gasteiger partial charge in [-0.3, -0.25) is 0 Å². The molecule has 2 N–H and O–H groups in total. The van der Waals surface area contributed by atoms with E-state index < -0.39 is 5.41 Å². The van der Waals surface area contributed by atoms with Gasteiger partial charge in [0.15, 0.2) is 0 Å². The number of halogens is 1. The average Bonchev–Trinajstić information content (AvgIpc) is 2.90. The Kier molecular flexibility index (Phi) is 4.35. The van der Waals surface area contributed by atoms with Gasteiger partial charge in [-0.1, -0.05) is 23.7 Å². The number of hydrogen-bond donors (Lipinski definition) is 2. The van der Waals surface area contributed by atoms with E-state index in [2.05, 4.69) is 4.98 Å². The summed E-state index contributed by atoms with van der Waals surface area (Å²) in [5, 5.41) is 22.8. The van der Waals surface area contributed by atoms with Gasteiger partial charge in [0.2, 0.25) is 0 Å². The molecule has 0 aliphatic rings. The monoisotopic (exact) mass is 283 g/mol. The highest BCUT2D eigenvalue weighted by molar-refractivity contribution is 7.09. The number of hydrogen-bond acceptors (Lipinski definition) is 4. The highest BCUT2D eigenvalue weighted by Gasteiger charge is 2.32. The first-order valence-electron chi connectivity index (χ1n) is 5.56. The van der Waals surface area contributed by atoms with Crippen LogP contribution in [0.3, 0.4) is 0 Å². The molecule has 0 unspecified atom stereocenters. The van der Waals surface area contributed by atoms with E-state index in [4.69, 9.17) is 11.6 Å². The third kappa shape index (κ3) is 2.72. The van der Waals surface area contributed by atoms with E-state index in [0.29, 0.717) is 11.4 Å². The van der Waals surface area contributed by atoms with E-state index in [9.17, 15) is 10.2 Å². The summed E-state index contributed by atoms with van der Waals surface area (Å²) in [5.41, 5.74) is 0.162. The number of aliphatic hydroxyl groups excluding tert-OH is 2. The Morgan fingerprint density at radius 1 is 1.17 bits per heavy atom. The average molecular weight is 284 g/mol. The molecule has 2 rings (SSSR count). The molecular weight excluding hydrogens is 270 g/mol. The lowest BCUT2D eigenvalue weighted by molar-refractivity contribution is 0.116. The van der Waals surface area contributed by atoms with Gasteiger partial charge in [0.25, 0.3) is 0 Å². The Hall–Kier alpha value is -0.940. The lowest BCUT2D eigenvalue weighted by atomic mass is 9.79. The largest absolute Gasteiger partial charge is 0.395 e. The molecule has 96 valence electrons. The van der Waals surface area contributed by atoms with Crippen LogP contribution in [-0.4, -0.2) is 28.4 Å². The van der Waals surface area contributed by atoms with Crippen LogP contribution >= 0.6 is 22.9 Å². The summed E-state index contributed by atoms with van der Waals surface area (Å²) in [7, 11) is 0. The molecule has 2 aromatic rings.